The molecule has 2 aliphatic rings. The highest BCUT2D eigenvalue weighted by atomic mass is 16.2. The van der Waals surface area contributed by atoms with Gasteiger partial charge in [0.05, 0.1) is 11.3 Å². The van der Waals surface area contributed by atoms with E-state index in [0.29, 0.717) is 17.7 Å². The number of amides is 2. The molecule has 5 heteroatoms. The summed E-state index contributed by atoms with van der Waals surface area (Å²) in [6.45, 7) is 6.38. The van der Waals surface area contributed by atoms with Crippen LogP contribution in [-0.4, -0.2) is 36.0 Å². The second kappa shape index (κ2) is 8.90. The van der Waals surface area contributed by atoms with E-state index in [1.54, 1.807) is 6.07 Å². The van der Waals surface area contributed by atoms with Crippen molar-refractivity contribution in [3.63, 3.8) is 0 Å². The summed E-state index contributed by atoms with van der Waals surface area (Å²) in [7, 11) is 0. The van der Waals surface area contributed by atoms with Gasteiger partial charge in [-0.1, -0.05) is 37.6 Å². The smallest absolute Gasteiger partial charge is 0.257 e. The van der Waals surface area contributed by atoms with Crippen LogP contribution in [0.3, 0.4) is 0 Å². The molecule has 5 nitrogen and oxygen atoms in total. The maximum absolute atomic E-state index is 13.1. The number of nitrogens with zero attached hydrogens (tertiary/aromatic N) is 2. The Kier molecular flexibility index (Phi) is 6.07. The summed E-state index contributed by atoms with van der Waals surface area (Å²) in [5.74, 6) is -0.00580. The Morgan fingerprint density at radius 1 is 1.03 bits per heavy atom. The minimum Gasteiger partial charge on any atom is -0.351 e. The summed E-state index contributed by atoms with van der Waals surface area (Å²) in [4.78, 5) is 30.2. The van der Waals surface area contributed by atoms with Crippen LogP contribution in [0.1, 0.15) is 71.4 Å². The third-order valence-corrected chi connectivity index (χ3v) is 6.37. The molecule has 30 heavy (non-hydrogen) atoms. The van der Waals surface area contributed by atoms with Gasteiger partial charge in [-0.05, 0) is 61.9 Å². The van der Waals surface area contributed by atoms with E-state index in [1.165, 1.54) is 12.0 Å². The Balaban J connectivity index is 1.54. The van der Waals surface area contributed by atoms with Gasteiger partial charge in [-0.25, -0.2) is 0 Å². The highest BCUT2D eigenvalue weighted by molar-refractivity contribution is 6.04. The number of benzene rings is 2. The molecule has 2 aromatic carbocycles. The van der Waals surface area contributed by atoms with Crippen molar-refractivity contribution >= 4 is 17.5 Å². The summed E-state index contributed by atoms with van der Waals surface area (Å²) in [6.07, 6.45) is 5.47. The van der Waals surface area contributed by atoms with Gasteiger partial charge in [-0.15, -0.1) is 0 Å². The summed E-state index contributed by atoms with van der Waals surface area (Å²) in [6, 6.07) is 13.8. The zero-order chi connectivity index (χ0) is 21.1. The van der Waals surface area contributed by atoms with E-state index in [1.807, 2.05) is 17.0 Å². The Morgan fingerprint density at radius 2 is 1.80 bits per heavy atom. The van der Waals surface area contributed by atoms with E-state index in [-0.39, 0.29) is 18.0 Å². The van der Waals surface area contributed by atoms with Crippen molar-refractivity contribution in [3.05, 3.63) is 64.7 Å². The second-order valence-corrected chi connectivity index (χ2v) is 8.20. The molecule has 1 atom stereocenters. The molecule has 0 aromatic heterocycles. The molecule has 4 rings (SSSR count). The second-order valence-electron chi connectivity index (χ2n) is 8.20. The lowest BCUT2D eigenvalue weighted by molar-refractivity contribution is 0.0656. The lowest BCUT2D eigenvalue weighted by Gasteiger charge is -2.44. The highest BCUT2D eigenvalue weighted by Gasteiger charge is 2.37. The number of carbonyl (C=O) groups is 2. The molecule has 0 bridgehead atoms. The molecule has 1 saturated heterocycles. The van der Waals surface area contributed by atoms with Gasteiger partial charge in [0.1, 0.15) is 6.17 Å². The Morgan fingerprint density at radius 3 is 2.53 bits per heavy atom. The molecule has 158 valence electrons. The molecular formula is C25H31N3O2. The summed E-state index contributed by atoms with van der Waals surface area (Å²) in [5, 5.41) is 3.02. The molecule has 1 fully saturated rings. The van der Waals surface area contributed by atoms with Crippen LogP contribution in [0.4, 0.5) is 5.69 Å². The van der Waals surface area contributed by atoms with Crippen LogP contribution in [-0.2, 0) is 13.0 Å². The molecule has 2 amide bonds. The van der Waals surface area contributed by atoms with Crippen molar-refractivity contribution in [2.75, 3.05) is 18.0 Å². The van der Waals surface area contributed by atoms with Crippen LogP contribution < -0.4 is 10.2 Å². The topological polar surface area (TPSA) is 52.7 Å². The SMILES string of the molecule is CCc1ccc(CNC(=O)c2ccc3c(c2)N(CC)C2CCCCCN2C3=O)cc1. The van der Waals surface area contributed by atoms with Gasteiger partial charge in [-0.2, -0.15) is 0 Å². The Bertz CT molecular complexity index is 922. The number of aryl methyl sites for hydroxylation is 1. The van der Waals surface area contributed by atoms with Crippen molar-refractivity contribution in [3.8, 4) is 0 Å². The van der Waals surface area contributed by atoms with E-state index in [9.17, 15) is 9.59 Å². The van der Waals surface area contributed by atoms with Gasteiger partial charge in [0, 0.05) is 25.2 Å². The highest BCUT2D eigenvalue weighted by Crippen LogP contribution is 2.35. The first kappa shape index (κ1) is 20.5. The normalized spacial score (nSPS) is 18.5. The van der Waals surface area contributed by atoms with Crippen LogP contribution in [0.25, 0.3) is 0 Å². The molecule has 1 unspecified atom stereocenters. The number of hydrogen-bond donors (Lipinski definition) is 1. The van der Waals surface area contributed by atoms with Gasteiger partial charge in [-0.3, -0.25) is 9.59 Å². The minimum atomic E-state index is -0.107. The van der Waals surface area contributed by atoms with Crippen molar-refractivity contribution in [1.82, 2.24) is 10.2 Å². The van der Waals surface area contributed by atoms with Crippen LogP contribution in [0.2, 0.25) is 0 Å². The van der Waals surface area contributed by atoms with Crippen LogP contribution in [0, 0.1) is 0 Å². The third-order valence-electron chi connectivity index (χ3n) is 6.37. The Labute approximate surface area is 179 Å². The summed E-state index contributed by atoms with van der Waals surface area (Å²) < 4.78 is 0. The predicted molar refractivity (Wildman–Crippen MR) is 120 cm³/mol. The first-order valence-corrected chi connectivity index (χ1v) is 11.2. The average molecular weight is 406 g/mol. The number of rotatable bonds is 5. The maximum Gasteiger partial charge on any atom is 0.257 e. The molecule has 1 N–H and O–H groups in total. The summed E-state index contributed by atoms with van der Waals surface area (Å²) in [5.41, 5.74) is 4.58. The van der Waals surface area contributed by atoms with E-state index in [2.05, 4.69) is 48.3 Å². The van der Waals surface area contributed by atoms with Crippen LogP contribution in [0.5, 0.6) is 0 Å². The Hall–Kier alpha value is -2.82. The van der Waals surface area contributed by atoms with Gasteiger partial charge in [0.2, 0.25) is 0 Å². The molecular weight excluding hydrogens is 374 g/mol. The quantitative estimate of drug-likeness (QED) is 0.804. The molecule has 2 heterocycles. The van der Waals surface area contributed by atoms with Crippen LogP contribution in [0.15, 0.2) is 42.5 Å². The number of hydrogen-bond acceptors (Lipinski definition) is 3. The minimum absolute atomic E-state index is 0.101. The average Bonchev–Trinajstić information content (AvgIpc) is 3.04. The fourth-order valence-corrected chi connectivity index (χ4v) is 4.62. The number of fused-ring (bicyclic) bond motifs is 2. The molecule has 2 aromatic rings. The maximum atomic E-state index is 13.1. The van der Waals surface area contributed by atoms with Gasteiger partial charge >= 0.3 is 0 Å². The van der Waals surface area contributed by atoms with Crippen molar-refractivity contribution in [2.24, 2.45) is 0 Å². The van der Waals surface area contributed by atoms with Crippen LogP contribution >= 0.6 is 0 Å². The van der Waals surface area contributed by atoms with Crippen molar-refractivity contribution in [2.45, 2.75) is 58.7 Å². The first-order valence-electron chi connectivity index (χ1n) is 11.2. The number of nitrogens with one attached hydrogen (secondary N) is 1. The molecule has 0 aliphatic carbocycles. The standard InChI is InChI=1S/C25H31N3O2/c1-3-18-9-11-19(12-10-18)17-26-24(29)20-13-14-21-22(16-20)27(4-2)23-8-6-5-7-15-28(23)25(21)30/h9-14,16,23H,3-8,15,17H2,1-2H3,(H,26,29). The predicted octanol–water partition coefficient (Wildman–Crippen LogP) is 4.36. The largest absolute Gasteiger partial charge is 0.351 e. The molecule has 0 spiro atoms. The van der Waals surface area contributed by atoms with E-state index < -0.39 is 0 Å². The van der Waals surface area contributed by atoms with E-state index >= 15 is 0 Å². The fraction of sp³-hybridized carbons (Fsp3) is 0.440. The molecule has 0 saturated carbocycles. The van der Waals surface area contributed by atoms with Gasteiger partial charge in [0.25, 0.3) is 11.8 Å². The zero-order valence-electron chi connectivity index (χ0n) is 18.0. The van der Waals surface area contributed by atoms with Gasteiger partial charge in [0.15, 0.2) is 0 Å². The van der Waals surface area contributed by atoms with E-state index in [0.717, 1.165) is 50.0 Å². The lowest BCUT2D eigenvalue weighted by atomic mass is 10.0. The molecule has 2 aliphatic heterocycles. The third kappa shape index (κ3) is 3.93. The van der Waals surface area contributed by atoms with Gasteiger partial charge < -0.3 is 15.1 Å². The number of carbonyl (C=O) groups excluding carboxylic acids is 2. The zero-order valence-corrected chi connectivity index (χ0v) is 18.0. The fourth-order valence-electron chi connectivity index (χ4n) is 4.62. The first-order chi connectivity index (χ1) is 14.6. The summed E-state index contributed by atoms with van der Waals surface area (Å²) >= 11 is 0. The van der Waals surface area contributed by atoms with E-state index in [4.69, 9.17) is 0 Å². The number of anilines is 1. The lowest BCUT2D eigenvalue weighted by Crippen LogP contribution is -2.55. The monoisotopic (exact) mass is 405 g/mol. The van der Waals surface area contributed by atoms with Crippen molar-refractivity contribution in [1.29, 1.82) is 0 Å². The van der Waals surface area contributed by atoms with Crippen molar-refractivity contribution < 1.29 is 9.59 Å². The molecule has 0 radical (unpaired) electrons.